The van der Waals surface area contributed by atoms with E-state index in [4.69, 9.17) is 0 Å². The highest BCUT2D eigenvalue weighted by Crippen LogP contribution is 2.45. The Kier molecular flexibility index (Phi) is 4.90. The minimum atomic E-state index is -4.46. The molecular formula is C20H19F3N2OS. The van der Waals surface area contributed by atoms with Gasteiger partial charge in [-0.3, -0.25) is 4.79 Å². The number of fused-ring (bicyclic) bond motifs is 2. The van der Waals surface area contributed by atoms with E-state index >= 15 is 0 Å². The zero-order chi connectivity index (χ0) is 19.0. The van der Waals surface area contributed by atoms with Gasteiger partial charge in [0.2, 0.25) is 5.91 Å². The molecule has 2 aliphatic heterocycles. The summed E-state index contributed by atoms with van der Waals surface area (Å²) in [6.45, 7) is 1.43. The first-order chi connectivity index (χ1) is 12.9. The molecule has 2 heterocycles. The van der Waals surface area contributed by atoms with Crippen molar-refractivity contribution >= 4 is 23.4 Å². The number of hydrogen-bond acceptors (Lipinski definition) is 3. The van der Waals surface area contributed by atoms with E-state index in [1.165, 1.54) is 17.8 Å². The summed E-state index contributed by atoms with van der Waals surface area (Å²) in [6.07, 6.45) is -2.31. The molecule has 7 heteroatoms. The number of amides is 1. The molecule has 0 aromatic heterocycles. The average Bonchev–Trinajstić information content (AvgIpc) is 2.66. The highest BCUT2D eigenvalue weighted by atomic mass is 32.2. The number of alkyl halides is 3. The van der Waals surface area contributed by atoms with Crippen LogP contribution in [0.25, 0.3) is 0 Å². The minimum Gasteiger partial charge on any atom is -0.325 e. The van der Waals surface area contributed by atoms with Crippen molar-refractivity contribution < 1.29 is 18.0 Å². The van der Waals surface area contributed by atoms with Crippen molar-refractivity contribution in [3.63, 3.8) is 0 Å². The lowest BCUT2D eigenvalue weighted by Crippen LogP contribution is -2.37. The first-order valence-corrected chi connectivity index (χ1v) is 9.75. The van der Waals surface area contributed by atoms with Crippen molar-refractivity contribution in [2.45, 2.75) is 35.2 Å². The molecule has 1 saturated heterocycles. The van der Waals surface area contributed by atoms with E-state index < -0.39 is 11.7 Å². The van der Waals surface area contributed by atoms with Gasteiger partial charge in [0, 0.05) is 28.4 Å². The van der Waals surface area contributed by atoms with E-state index in [9.17, 15) is 18.0 Å². The molecule has 1 fully saturated rings. The third kappa shape index (κ3) is 3.84. The molecule has 2 aliphatic rings. The van der Waals surface area contributed by atoms with E-state index in [1.54, 1.807) is 0 Å². The Labute approximate surface area is 159 Å². The average molecular weight is 392 g/mol. The van der Waals surface area contributed by atoms with E-state index in [0.29, 0.717) is 17.9 Å². The maximum atomic E-state index is 13.4. The maximum Gasteiger partial charge on any atom is 0.416 e. The summed E-state index contributed by atoms with van der Waals surface area (Å²) in [6, 6.07) is 9.94. The van der Waals surface area contributed by atoms with Gasteiger partial charge in [-0.2, -0.15) is 13.2 Å². The Morgan fingerprint density at radius 3 is 2.74 bits per heavy atom. The fourth-order valence-electron chi connectivity index (χ4n) is 3.56. The van der Waals surface area contributed by atoms with Crippen molar-refractivity contribution in [2.75, 3.05) is 18.4 Å². The largest absolute Gasteiger partial charge is 0.416 e. The van der Waals surface area contributed by atoms with E-state index in [2.05, 4.69) is 10.6 Å². The Balaban J connectivity index is 1.70. The zero-order valence-electron chi connectivity index (χ0n) is 14.5. The number of rotatable bonds is 2. The smallest absolute Gasteiger partial charge is 0.325 e. The standard InChI is InChI=1S/C20H19F3N2OS/c21-20(22,23)14-9-16(25-19(26)13-5-3-7-24-11-13)15-8-12-4-1-2-6-17(12)27-18(15)10-14/h1-2,4,6,9-10,13,24H,3,5,7-8,11H2,(H,25,26)/t13-/m0/s1. The number of anilines is 1. The summed E-state index contributed by atoms with van der Waals surface area (Å²) in [5.74, 6) is -0.431. The topological polar surface area (TPSA) is 41.1 Å². The van der Waals surface area contributed by atoms with Gasteiger partial charge in [-0.1, -0.05) is 30.0 Å². The number of piperidine rings is 1. The Hall–Kier alpha value is -1.99. The maximum absolute atomic E-state index is 13.4. The van der Waals surface area contributed by atoms with Crippen LogP contribution in [0.4, 0.5) is 18.9 Å². The predicted molar refractivity (Wildman–Crippen MR) is 99.0 cm³/mol. The minimum absolute atomic E-state index is 0.215. The fourth-order valence-corrected chi connectivity index (χ4v) is 4.71. The van der Waals surface area contributed by atoms with Crippen LogP contribution in [0.3, 0.4) is 0 Å². The Bertz CT molecular complexity index is 876. The third-order valence-corrected chi connectivity index (χ3v) is 6.22. The summed E-state index contributed by atoms with van der Waals surface area (Å²) in [7, 11) is 0. The van der Waals surface area contributed by atoms with Crippen LogP contribution < -0.4 is 10.6 Å². The summed E-state index contributed by atoms with van der Waals surface area (Å²) in [5.41, 5.74) is 1.36. The number of hydrogen-bond donors (Lipinski definition) is 2. The molecule has 2 aromatic rings. The number of halogens is 3. The summed E-state index contributed by atoms with van der Waals surface area (Å²) < 4.78 is 40.2. The molecule has 2 N–H and O–H groups in total. The van der Waals surface area contributed by atoms with Gasteiger partial charge in [0.05, 0.1) is 11.5 Å². The second-order valence-electron chi connectivity index (χ2n) is 6.92. The summed E-state index contributed by atoms with van der Waals surface area (Å²) >= 11 is 1.33. The molecule has 0 radical (unpaired) electrons. The lowest BCUT2D eigenvalue weighted by atomic mass is 9.97. The number of carbonyl (C=O) groups is 1. The normalized spacial score (nSPS) is 19.1. The van der Waals surface area contributed by atoms with E-state index in [-0.39, 0.29) is 17.5 Å². The molecule has 4 rings (SSSR count). The molecule has 0 saturated carbocycles. The molecule has 2 aromatic carbocycles. The van der Waals surface area contributed by atoms with Crippen molar-refractivity contribution in [3.05, 3.63) is 53.1 Å². The van der Waals surface area contributed by atoms with Crippen LogP contribution in [-0.2, 0) is 17.4 Å². The van der Waals surface area contributed by atoms with Crippen molar-refractivity contribution in [3.8, 4) is 0 Å². The van der Waals surface area contributed by atoms with Crippen LogP contribution in [0.1, 0.15) is 29.5 Å². The second kappa shape index (κ2) is 7.20. The SMILES string of the molecule is O=C(Nc1cc(C(F)(F)F)cc2c1Cc1ccccc1S2)[C@H]1CCCNC1. The molecule has 1 atom stereocenters. The summed E-state index contributed by atoms with van der Waals surface area (Å²) in [5, 5.41) is 5.96. The van der Waals surface area contributed by atoms with Crippen LogP contribution in [0.15, 0.2) is 46.2 Å². The van der Waals surface area contributed by atoms with E-state index in [0.717, 1.165) is 41.5 Å². The molecule has 3 nitrogen and oxygen atoms in total. The molecular weight excluding hydrogens is 373 g/mol. The quantitative estimate of drug-likeness (QED) is 0.664. The zero-order valence-corrected chi connectivity index (χ0v) is 15.3. The highest BCUT2D eigenvalue weighted by molar-refractivity contribution is 7.99. The molecule has 0 spiro atoms. The van der Waals surface area contributed by atoms with Gasteiger partial charge in [-0.15, -0.1) is 0 Å². The number of carbonyl (C=O) groups excluding carboxylic acids is 1. The van der Waals surface area contributed by atoms with Crippen LogP contribution in [-0.4, -0.2) is 19.0 Å². The molecule has 1 amide bonds. The number of nitrogens with one attached hydrogen (secondary N) is 2. The van der Waals surface area contributed by atoms with Crippen LogP contribution in [0.2, 0.25) is 0 Å². The lowest BCUT2D eigenvalue weighted by Gasteiger charge is -2.26. The van der Waals surface area contributed by atoms with Gasteiger partial charge in [-0.25, -0.2) is 0 Å². The molecule has 142 valence electrons. The van der Waals surface area contributed by atoms with Gasteiger partial charge in [0.25, 0.3) is 0 Å². The first kappa shape index (κ1) is 18.4. The molecule has 0 bridgehead atoms. The second-order valence-corrected chi connectivity index (χ2v) is 8.00. The fraction of sp³-hybridized carbons (Fsp3) is 0.350. The van der Waals surface area contributed by atoms with Crippen LogP contribution in [0, 0.1) is 5.92 Å². The Morgan fingerprint density at radius 1 is 1.19 bits per heavy atom. The molecule has 27 heavy (non-hydrogen) atoms. The summed E-state index contributed by atoms with van der Waals surface area (Å²) in [4.78, 5) is 14.1. The molecule has 0 aliphatic carbocycles. The van der Waals surface area contributed by atoms with Gasteiger partial charge in [0.1, 0.15) is 0 Å². The monoisotopic (exact) mass is 392 g/mol. The van der Waals surface area contributed by atoms with Gasteiger partial charge >= 0.3 is 6.18 Å². The third-order valence-electron chi connectivity index (χ3n) is 5.02. The van der Waals surface area contributed by atoms with Crippen molar-refractivity contribution in [2.24, 2.45) is 5.92 Å². The first-order valence-electron chi connectivity index (χ1n) is 8.93. The van der Waals surface area contributed by atoms with Gasteiger partial charge in [-0.05, 0) is 48.7 Å². The highest BCUT2D eigenvalue weighted by Gasteiger charge is 2.34. The molecule has 0 unspecified atom stereocenters. The Morgan fingerprint density at radius 2 is 2.00 bits per heavy atom. The van der Waals surface area contributed by atoms with Crippen molar-refractivity contribution in [1.29, 1.82) is 0 Å². The van der Waals surface area contributed by atoms with Crippen LogP contribution in [0.5, 0.6) is 0 Å². The lowest BCUT2D eigenvalue weighted by molar-refractivity contribution is -0.137. The van der Waals surface area contributed by atoms with Crippen molar-refractivity contribution in [1.82, 2.24) is 5.32 Å². The van der Waals surface area contributed by atoms with Gasteiger partial charge in [0.15, 0.2) is 0 Å². The predicted octanol–water partition coefficient (Wildman–Crippen LogP) is 4.70. The number of benzene rings is 2. The van der Waals surface area contributed by atoms with E-state index in [1.807, 2.05) is 24.3 Å². The van der Waals surface area contributed by atoms with Gasteiger partial charge < -0.3 is 10.6 Å². The van der Waals surface area contributed by atoms with Crippen LogP contribution >= 0.6 is 11.8 Å².